The van der Waals surface area contributed by atoms with Crippen LogP contribution in [-0.2, 0) is 10.0 Å². The van der Waals surface area contributed by atoms with E-state index in [1.165, 1.54) is 9.77 Å². The van der Waals surface area contributed by atoms with Gasteiger partial charge in [0.05, 0.1) is 0 Å². The van der Waals surface area contributed by atoms with E-state index < -0.39 is 10.0 Å². The molecule has 9 heteroatoms. The number of nitrogens with two attached hydrogens (primary N) is 1. The van der Waals surface area contributed by atoms with Crippen LogP contribution in [0.3, 0.4) is 0 Å². The standard InChI is InChI=1S/C13H21IN5O2S/c1-10(2)18-8-5-12(16-18)14-7-4-11(3)19-9-6-13(17-19)22(15,20)21/h5-6,8-11H,4,7H2,1-3H3,(H2,15,20,21)/q-1. The minimum absolute atomic E-state index is 0.0790. The van der Waals surface area contributed by atoms with Crippen molar-refractivity contribution >= 4 is 10.0 Å². The van der Waals surface area contributed by atoms with Crippen LogP contribution in [-0.4, -0.2) is 32.4 Å². The molecular weight excluding hydrogens is 417 g/mol. The molecule has 2 aromatic rings. The van der Waals surface area contributed by atoms with E-state index >= 15 is 0 Å². The van der Waals surface area contributed by atoms with Crippen molar-refractivity contribution in [2.45, 2.75) is 44.3 Å². The molecule has 0 saturated heterocycles. The van der Waals surface area contributed by atoms with Gasteiger partial charge in [-0.3, -0.25) is 0 Å². The van der Waals surface area contributed by atoms with Gasteiger partial charge in [-0.15, -0.1) is 0 Å². The second-order valence-corrected chi connectivity index (χ2v) is 9.81. The van der Waals surface area contributed by atoms with Crippen molar-refractivity contribution in [1.29, 1.82) is 0 Å². The van der Waals surface area contributed by atoms with Gasteiger partial charge in [-0.1, -0.05) is 0 Å². The van der Waals surface area contributed by atoms with E-state index in [0.29, 0.717) is 6.04 Å². The number of primary sulfonamides is 1. The molecule has 1 unspecified atom stereocenters. The van der Waals surface area contributed by atoms with Crippen molar-refractivity contribution in [2.75, 3.05) is 4.43 Å². The van der Waals surface area contributed by atoms with Crippen LogP contribution in [0.25, 0.3) is 0 Å². The van der Waals surface area contributed by atoms with Crippen LogP contribution >= 0.6 is 0 Å². The van der Waals surface area contributed by atoms with E-state index in [9.17, 15) is 8.42 Å². The summed E-state index contributed by atoms with van der Waals surface area (Å²) >= 11 is -0.136. The number of nitrogens with zero attached hydrogens (tertiary/aromatic N) is 4. The third kappa shape index (κ3) is 4.53. The SMILES string of the molecule is CC(C)n1ccc([I-]CCC(C)n2ccc(S(N)(=O)=O)n2)n1. The predicted octanol–water partition coefficient (Wildman–Crippen LogP) is -1.78. The summed E-state index contributed by atoms with van der Waals surface area (Å²) in [6.07, 6.45) is 4.62. The van der Waals surface area contributed by atoms with Crippen molar-refractivity contribution in [3.8, 4) is 0 Å². The summed E-state index contributed by atoms with van der Waals surface area (Å²) in [5.41, 5.74) is 0. The number of halogens is 1. The number of rotatable bonds is 7. The van der Waals surface area contributed by atoms with Crippen LogP contribution in [0.4, 0.5) is 0 Å². The molecule has 0 radical (unpaired) electrons. The monoisotopic (exact) mass is 438 g/mol. The van der Waals surface area contributed by atoms with Crippen molar-refractivity contribution in [3.63, 3.8) is 0 Å². The first-order chi connectivity index (χ1) is 10.3. The van der Waals surface area contributed by atoms with Gasteiger partial charge in [0.2, 0.25) is 0 Å². The number of hydrogen-bond donors (Lipinski definition) is 1. The second-order valence-electron chi connectivity index (χ2n) is 5.35. The molecule has 0 amide bonds. The van der Waals surface area contributed by atoms with E-state index in [1.807, 2.05) is 17.8 Å². The Bertz CT molecular complexity index is 722. The van der Waals surface area contributed by atoms with E-state index in [-0.39, 0.29) is 32.3 Å². The zero-order valence-corrected chi connectivity index (χ0v) is 15.8. The first kappa shape index (κ1) is 17.4. The average Bonchev–Trinajstić information content (AvgIpc) is 3.07. The van der Waals surface area contributed by atoms with Crippen LogP contribution in [0.1, 0.15) is 39.3 Å². The van der Waals surface area contributed by atoms with Gasteiger partial charge < -0.3 is 0 Å². The minimum atomic E-state index is -3.72. The molecule has 0 saturated carbocycles. The number of aromatic nitrogens is 4. The Hall–Kier alpha value is -0.940. The first-order valence-electron chi connectivity index (χ1n) is 6.99. The second kappa shape index (κ2) is 7.09. The third-order valence-corrected chi connectivity index (χ3v) is 6.51. The summed E-state index contributed by atoms with van der Waals surface area (Å²) in [5.74, 6) is 0. The van der Waals surface area contributed by atoms with Gasteiger partial charge in [0.15, 0.2) is 0 Å². The molecule has 2 N–H and O–H groups in total. The molecule has 0 fully saturated rings. The molecule has 2 heterocycles. The molecular formula is C13H21IN5O2S-. The van der Waals surface area contributed by atoms with Crippen LogP contribution in [0.15, 0.2) is 29.6 Å². The van der Waals surface area contributed by atoms with E-state index in [1.54, 1.807) is 10.9 Å². The molecule has 124 valence electrons. The summed E-state index contributed by atoms with van der Waals surface area (Å²) in [5, 5.41) is 13.6. The van der Waals surface area contributed by atoms with E-state index in [0.717, 1.165) is 10.8 Å². The summed E-state index contributed by atoms with van der Waals surface area (Å²) in [6.45, 7) is 6.24. The van der Waals surface area contributed by atoms with Crippen molar-refractivity contribution in [3.05, 3.63) is 28.2 Å². The van der Waals surface area contributed by atoms with Gasteiger partial charge in [0.1, 0.15) is 0 Å². The molecule has 1 atom stereocenters. The summed E-state index contributed by atoms with van der Waals surface area (Å²) in [6, 6.07) is 4.05. The molecule has 0 spiro atoms. The normalized spacial score (nSPS) is 13.9. The van der Waals surface area contributed by atoms with Gasteiger partial charge in [-0.25, -0.2) is 0 Å². The van der Waals surface area contributed by atoms with Crippen LogP contribution in [0, 0.1) is 3.70 Å². The average molecular weight is 438 g/mol. The third-order valence-electron chi connectivity index (χ3n) is 3.19. The Morgan fingerprint density at radius 1 is 1.18 bits per heavy atom. The summed E-state index contributed by atoms with van der Waals surface area (Å²) in [4.78, 5) is 0. The molecule has 2 rings (SSSR count). The Morgan fingerprint density at radius 3 is 2.41 bits per heavy atom. The van der Waals surface area contributed by atoms with Gasteiger partial charge >= 0.3 is 141 Å². The number of sulfonamides is 1. The van der Waals surface area contributed by atoms with Crippen LogP contribution in [0.2, 0.25) is 0 Å². The van der Waals surface area contributed by atoms with Crippen LogP contribution < -0.4 is 26.3 Å². The number of alkyl halides is 1. The summed E-state index contributed by atoms with van der Waals surface area (Å²) < 4.78 is 28.3. The van der Waals surface area contributed by atoms with Gasteiger partial charge in [0.25, 0.3) is 0 Å². The van der Waals surface area contributed by atoms with Crippen molar-refractivity contribution < 1.29 is 29.6 Å². The molecule has 0 aliphatic rings. The molecule has 0 aromatic carbocycles. The summed E-state index contributed by atoms with van der Waals surface area (Å²) in [7, 11) is -3.72. The Labute approximate surface area is 141 Å². The Balaban J connectivity index is 1.87. The Kier molecular flexibility index (Phi) is 5.61. The van der Waals surface area contributed by atoms with E-state index in [4.69, 9.17) is 5.14 Å². The van der Waals surface area contributed by atoms with Crippen LogP contribution in [0.5, 0.6) is 0 Å². The van der Waals surface area contributed by atoms with Gasteiger partial charge in [-0.05, 0) is 0 Å². The van der Waals surface area contributed by atoms with Gasteiger partial charge in [0, 0.05) is 0 Å². The fourth-order valence-corrected chi connectivity index (χ4v) is 4.87. The predicted molar refractivity (Wildman–Crippen MR) is 79.1 cm³/mol. The van der Waals surface area contributed by atoms with Gasteiger partial charge in [-0.2, -0.15) is 0 Å². The molecule has 0 aliphatic heterocycles. The Morgan fingerprint density at radius 2 is 1.86 bits per heavy atom. The molecule has 0 bridgehead atoms. The maximum absolute atomic E-state index is 11.2. The van der Waals surface area contributed by atoms with Crippen molar-refractivity contribution in [1.82, 2.24) is 19.6 Å². The molecule has 2 aromatic heterocycles. The maximum atomic E-state index is 11.2. The molecule has 22 heavy (non-hydrogen) atoms. The topological polar surface area (TPSA) is 95.8 Å². The first-order valence-corrected chi connectivity index (χ1v) is 11.1. The zero-order valence-electron chi connectivity index (χ0n) is 12.8. The molecule has 0 aliphatic carbocycles. The zero-order chi connectivity index (χ0) is 16.3. The van der Waals surface area contributed by atoms with Crippen molar-refractivity contribution in [2.24, 2.45) is 5.14 Å². The molecule has 7 nitrogen and oxygen atoms in total. The fraction of sp³-hybridized carbons (Fsp3) is 0.538. The fourth-order valence-electron chi connectivity index (χ4n) is 1.83. The quantitative estimate of drug-likeness (QED) is 0.409. The number of hydrogen-bond acceptors (Lipinski definition) is 4. The van der Waals surface area contributed by atoms with E-state index in [2.05, 4.69) is 30.1 Å².